The molecule has 0 spiro atoms. The minimum Gasteiger partial charge on any atom is -0.318 e. The van der Waals surface area contributed by atoms with Crippen LogP contribution in [0.4, 0.5) is 5.69 Å². The van der Waals surface area contributed by atoms with Crippen LogP contribution in [0, 0.1) is 0 Å². The number of anilines is 1. The first kappa shape index (κ1) is 11.1. The van der Waals surface area contributed by atoms with E-state index in [9.17, 15) is 18.0 Å². The highest BCUT2D eigenvalue weighted by Gasteiger charge is 2.30. The molecule has 1 aromatic rings. The zero-order chi connectivity index (χ0) is 12.1. The number of carbonyl (C=O) groups is 2. The summed E-state index contributed by atoms with van der Waals surface area (Å²) in [6.07, 6.45) is 0. The van der Waals surface area contributed by atoms with E-state index in [4.69, 9.17) is 16.7 Å². The molecule has 1 aliphatic heterocycles. The number of amides is 1. The Morgan fingerprint density at radius 2 is 1.88 bits per heavy atom. The summed E-state index contributed by atoms with van der Waals surface area (Å²) in [7, 11) is -4.02. The van der Waals surface area contributed by atoms with Crippen LogP contribution in [0.1, 0.15) is 10.4 Å². The normalized spacial score (nSPS) is 14.9. The average molecular weight is 261 g/mol. The van der Waals surface area contributed by atoms with Gasteiger partial charge in [-0.3, -0.25) is 9.59 Å². The standard InChI is InChI=1S/C8H5ClN2O4S/c9-4-2-5-3(7(12)8(13)11-5)1-6(4)16(10,14)15/h1-2H,(H2,10,14,15)(H,11,12,13). The molecule has 6 nitrogen and oxygen atoms in total. The van der Waals surface area contributed by atoms with E-state index in [-0.39, 0.29) is 21.2 Å². The Morgan fingerprint density at radius 3 is 2.44 bits per heavy atom. The van der Waals surface area contributed by atoms with Gasteiger partial charge < -0.3 is 5.32 Å². The number of hydrogen-bond donors (Lipinski definition) is 2. The van der Waals surface area contributed by atoms with Gasteiger partial charge in [-0.15, -0.1) is 0 Å². The van der Waals surface area contributed by atoms with Gasteiger partial charge in [0, 0.05) is 0 Å². The van der Waals surface area contributed by atoms with Crippen molar-refractivity contribution in [2.45, 2.75) is 4.90 Å². The number of carbonyl (C=O) groups excluding carboxylic acids is 2. The van der Waals surface area contributed by atoms with Gasteiger partial charge in [0.25, 0.3) is 11.7 Å². The first-order valence-corrected chi connectivity index (χ1v) is 5.95. The Hall–Kier alpha value is -1.44. The summed E-state index contributed by atoms with van der Waals surface area (Å²) in [4.78, 5) is 21.9. The summed E-state index contributed by atoms with van der Waals surface area (Å²) >= 11 is 5.67. The van der Waals surface area contributed by atoms with Gasteiger partial charge in [0.2, 0.25) is 10.0 Å². The van der Waals surface area contributed by atoms with Crippen molar-refractivity contribution in [3.63, 3.8) is 0 Å². The number of halogens is 1. The van der Waals surface area contributed by atoms with Gasteiger partial charge in [0.05, 0.1) is 16.3 Å². The Morgan fingerprint density at radius 1 is 1.25 bits per heavy atom. The maximum absolute atomic E-state index is 11.3. The smallest absolute Gasteiger partial charge is 0.296 e. The predicted octanol–water partition coefficient (Wildman–Crippen LogP) is 0.122. The second-order valence-corrected chi connectivity index (χ2v) is 5.09. The first-order valence-electron chi connectivity index (χ1n) is 4.03. The van der Waals surface area contributed by atoms with Gasteiger partial charge >= 0.3 is 0 Å². The van der Waals surface area contributed by atoms with Crippen LogP contribution in [-0.4, -0.2) is 20.1 Å². The van der Waals surface area contributed by atoms with Crippen molar-refractivity contribution < 1.29 is 18.0 Å². The fourth-order valence-electron chi connectivity index (χ4n) is 1.36. The minimum atomic E-state index is -4.02. The van der Waals surface area contributed by atoms with Crippen LogP contribution in [0.5, 0.6) is 0 Å². The third-order valence-electron chi connectivity index (χ3n) is 2.08. The molecule has 8 heteroatoms. The van der Waals surface area contributed by atoms with E-state index < -0.39 is 21.7 Å². The molecule has 0 fully saturated rings. The second-order valence-electron chi connectivity index (χ2n) is 3.16. The lowest BCUT2D eigenvalue weighted by molar-refractivity contribution is -0.112. The molecule has 0 atom stereocenters. The number of hydrogen-bond acceptors (Lipinski definition) is 4. The third kappa shape index (κ3) is 1.58. The summed E-state index contributed by atoms with van der Waals surface area (Å²) < 4.78 is 22.2. The van der Waals surface area contributed by atoms with E-state index in [1.54, 1.807) is 0 Å². The number of fused-ring (bicyclic) bond motifs is 1. The Balaban J connectivity index is 2.73. The summed E-state index contributed by atoms with van der Waals surface area (Å²) in [5.74, 6) is -1.63. The molecule has 16 heavy (non-hydrogen) atoms. The molecule has 1 amide bonds. The second kappa shape index (κ2) is 3.27. The molecular weight excluding hydrogens is 256 g/mol. The molecule has 0 unspecified atom stereocenters. The molecule has 3 N–H and O–H groups in total. The topological polar surface area (TPSA) is 106 Å². The number of nitrogens with two attached hydrogens (primary N) is 1. The number of sulfonamides is 1. The number of ketones is 1. The molecule has 0 saturated heterocycles. The van der Waals surface area contributed by atoms with Gasteiger partial charge in [0.15, 0.2) is 0 Å². The van der Waals surface area contributed by atoms with E-state index in [0.29, 0.717) is 0 Å². The number of Topliss-reactive ketones (excluding diaryl/α,β-unsaturated/α-hetero) is 1. The zero-order valence-corrected chi connectivity index (χ0v) is 9.22. The molecule has 1 aliphatic rings. The molecule has 0 aliphatic carbocycles. The molecule has 0 saturated carbocycles. The number of rotatable bonds is 1. The van der Waals surface area contributed by atoms with Crippen molar-refractivity contribution in [2.24, 2.45) is 5.14 Å². The van der Waals surface area contributed by atoms with Crippen molar-refractivity contribution in [3.8, 4) is 0 Å². The maximum atomic E-state index is 11.3. The van der Waals surface area contributed by atoms with Crippen LogP contribution in [0.15, 0.2) is 17.0 Å². The van der Waals surface area contributed by atoms with Gasteiger partial charge in [-0.25, -0.2) is 13.6 Å². The van der Waals surface area contributed by atoms with Crippen LogP contribution in [0.25, 0.3) is 0 Å². The zero-order valence-electron chi connectivity index (χ0n) is 7.65. The summed E-state index contributed by atoms with van der Waals surface area (Å²) in [6.45, 7) is 0. The minimum absolute atomic E-state index is 0.0431. The monoisotopic (exact) mass is 260 g/mol. The largest absolute Gasteiger partial charge is 0.318 e. The molecule has 1 heterocycles. The van der Waals surface area contributed by atoms with Crippen LogP contribution >= 0.6 is 11.6 Å². The SMILES string of the molecule is NS(=O)(=O)c1cc2c(cc1Cl)NC(=O)C2=O. The van der Waals surface area contributed by atoms with Gasteiger partial charge in [-0.2, -0.15) is 0 Å². The van der Waals surface area contributed by atoms with Gasteiger partial charge in [-0.1, -0.05) is 11.6 Å². The fourth-order valence-corrected chi connectivity index (χ4v) is 2.46. The Labute approximate surface area is 95.4 Å². The van der Waals surface area contributed by atoms with E-state index in [2.05, 4.69) is 5.32 Å². The van der Waals surface area contributed by atoms with Crippen molar-refractivity contribution >= 4 is 39.0 Å². The molecule has 0 bridgehead atoms. The molecule has 1 aromatic carbocycles. The molecule has 84 valence electrons. The fraction of sp³-hybridized carbons (Fsp3) is 0. The summed E-state index contributed by atoms with van der Waals surface area (Å²) in [5, 5.41) is 7.02. The molecular formula is C8H5ClN2O4S. The maximum Gasteiger partial charge on any atom is 0.296 e. The summed E-state index contributed by atoms with van der Waals surface area (Å²) in [6, 6.07) is 2.17. The Bertz CT molecular complexity index is 623. The van der Waals surface area contributed by atoms with E-state index in [0.717, 1.165) is 6.07 Å². The highest BCUT2D eigenvalue weighted by Crippen LogP contribution is 2.31. The van der Waals surface area contributed by atoms with Crippen molar-refractivity contribution in [1.82, 2.24) is 0 Å². The van der Waals surface area contributed by atoms with Gasteiger partial charge in [-0.05, 0) is 12.1 Å². The van der Waals surface area contributed by atoms with Crippen molar-refractivity contribution in [3.05, 3.63) is 22.7 Å². The lowest BCUT2D eigenvalue weighted by atomic mass is 10.1. The van der Waals surface area contributed by atoms with Crippen LogP contribution in [-0.2, 0) is 14.8 Å². The first-order chi connectivity index (χ1) is 7.30. The highest BCUT2D eigenvalue weighted by atomic mass is 35.5. The number of nitrogens with one attached hydrogen (secondary N) is 1. The van der Waals surface area contributed by atoms with Crippen LogP contribution < -0.4 is 10.5 Å². The lowest BCUT2D eigenvalue weighted by Crippen LogP contribution is -2.14. The number of primary sulfonamides is 1. The van der Waals surface area contributed by atoms with Crippen LogP contribution in [0.3, 0.4) is 0 Å². The quantitative estimate of drug-likeness (QED) is 0.700. The predicted molar refractivity (Wildman–Crippen MR) is 55.8 cm³/mol. The molecule has 0 radical (unpaired) electrons. The molecule has 0 aromatic heterocycles. The van der Waals surface area contributed by atoms with E-state index in [1.807, 2.05) is 0 Å². The molecule has 2 rings (SSSR count). The lowest BCUT2D eigenvalue weighted by Gasteiger charge is -2.03. The Kier molecular flexibility index (Phi) is 2.26. The van der Waals surface area contributed by atoms with Crippen molar-refractivity contribution in [1.29, 1.82) is 0 Å². The third-order valence-corrected chi connectivity index (χ3v) is 3.45. The van der Waals surface area contributed by atoms with Gasteiger partial charge in [0.1, 0.15) is 4.90 Å². The van der Waals surface area contributed by atoms with Crippen LogP contribution in [0.2, 0.25) is 5.02 Å². The van der Waals surface area contributed by atoms with Crippen molar-refractivity contribution in [2.75, 3.05) is 5.32 Å². The van der Waals surface area contributed by atoms with E-state index in [1.165, 1.54) is 6.07 Å². The summed E-state index contributed by atoms with van der Waals surface area (Å²) in [5.41, 5.74) is 0.144. The average Bonchev–Trinajstić information content (AvgIpc) is 2.39. The highest BCUT2D eigenvalue weighted by molar-refractivity contribution is 7.89. The van der Waals surface area contributed by atoms with E-state index >= 15 is 0 Å². The number of benzene rings is 1.